The maximum atomic E-state index is 6.31. The molecule has 3 aromatic heterocycles. The molecule has 0 aliphatic rings. The Hall–Kier alpha value is -5.15. The molecule has 0 amide bonds. The fraction of sp³-hybridized carbons (Fsp3) is 0. The van der Waals surface area contributed by atoms with Crippen LogP contribution in [0.1, 0.15) is 0 Å². The monoisotopic (exact) mass is 486 g/mol. The predicted octanol–water partition coefficient (Wildman–Crippen LogP) is 9.41. The van der Waals surface area contributed by atoms with Crippen LogP contribution in [0.3, 0.4) is 0 Å². The van der Waals surface area contributed by atoms with Gasteiger partial charge in [-0.25, -0.2) is 0 Å². The first kappa shape index (κ1) is 21.0. The maximum absolute atomic E-state index is 6.31. The molecule has 0 radical (unpaired) electrons. The molecule has 3 heterocycles. The van der Waals surface area contributed by atoms with Crippen LogP contribution in [-0.4, -0.2) is 9.55 Å². The number of fused-ring (bicyclic) bond motifs is 6. The number of rotatable bonds is 3. The lowest BCUT2D eigenvalue weighted by atomic mass is 9.94. The second-order valence-electron chi connectivity index (χ2n) is 9.60. The Morgan fingerprint density at radius 1 is 0.500 bits per heavy atom. The number of nitrogens with zero attached hydrogens (tertiary/aromatic N) is 2. The molecule has 0 unspecified atom stereocenters. The van der Waals surface area contributed by atoms with Crippen LogP contribution >= 0.6 is 0 Å². The molecule has 5 aromatic carbocycles. The van der Waals surface area contributed by atoms with E-state index in [-0.39, 0.29) is 0 Å². The molecule has 0 saturated heterocycles. The van der Waals surface area contributed by atoms with Gasteiger partial charge < -0.3 is 8.98 Å². The van der Waals surface area contributed by atoms with Gasteiger partial charge in [-0.3, -0.25) is 4.98 Å². The summed E-state index contributed by atoms with van der Waals surface area (Å²) in [5.74, 6) is 0. The zero-order chi connectivity index (χ0) is 25.1. The second kappa shape index (κ2) is 8.19. The third kappa shape index (κ3) is 3.06. The van der Waals surface area contributed by atoms with E-state index in [0.29, 0.717) is 0 Å². The summed E-state index contributed by atoms with van der Waals surface area (Å²) < 4.78 is 8.66. The van der Waals surface area contributed by atoms with E-state index in [4.69, 9.17) is 4.42 Å². The van der Waals surface area contributed by atoms with Gasteiger partial charge in [0.15, 0.2) is 5.58 Å². The summed E-state index contributed by atoms with van der Waals surface area (Å²) in [6.45, 7) is 0. The van der Waals surface area contributed by atoms with Crippen LogP contribution in [0.2, 0.25) is 0 Å². The van der Waals surface area contributed by atoms with Gasteiger partial charge in [0.1, 0.15) is 11.1 Å². The van der Waals surface area contributed by atoms with Crippen molar-refractivity contribution in [2.75, 3.05) is 0 Å². The number of hydrogen-bond donors (Lipinski definition) is 0. The summed E-state index contributed by atoms with van der Waals surface area (Å²) in [4.78, 5) is 4.65. The maximum Gasteiger partial charge on any atom is 0.161 e. The molecular formula is C35H22N2O. The molecule has 38 heavy (non-hydrogen) atoms. The zero-order valence-electron chi connectivity index (χ0n) is 20.5. The molecule has 3 nitrogen and oxygen atoms in total. The van der Waals surface area contributed by atoms with E-state index in [1.54, 1.807) is 0 Å². The summed E-state index contributed by atoms with van der Waals surface area (Å²) in [7, 11) is 0. The number of para-hydroxylation sites is 3. The first-order valence-corrected chi connectivity index (χ1v) is 12.8. The van der Waals surface area contributed by atoms with E-state index in [0.717, 1.165) is 50.0 Å². The van der Waals surface area contributed by atoms with Crippen LogP contribution in [0.5, 0.6) is 0 Å². The molecule has 0 aliphatic heterocycles. The molecular weight excluding hydrogens is 464 g/mol. The van der Waals surface area contributed by atoms with Crippen LogP contribution in [0.15, 0.2) is 138 Å². The molecule has 178 valence electrons. The van der Waals surface area contributed by atoms with Crippen LogP contribution < -0.4 is 0 Å². The molecule has 0 fully saturated rings. The van der Waals surface area contributed by atoms with Gasteiger partial charge in [0, 0.05) is 33.6 Å². The van der Waals surface area contributed by atoms with Crippen molar-refractivity contribution in [3.63, 3.8) is 0 Å². The Kier molecular flexibility index (Phi) is 4.52. The van der Waals surface area contributed by atoms with E-state index in [1.807, 2.05) is 24.4 Å². The summed E-state index contributed by atoms with van der Waals surface area (Å²) in [5.41, 5.74) is 10.6. The largest absolute Gasteiger partial charge is 0.454 e. The van der Waals surface area contributed by atoms with E-state index in [1.165, 1.54) is 21.8 Å². The second-order valence-corrected chi connectivity index (χ2v) is 9.60. The van der Waals surface area contributed by atoms with E-state index in [2.05, 4.69) is 119 Å². The highest BCUT2D eigenvalue weighted by atomic mass is 16.3. The molecule has 0 aliphatic carbocycles. The van der Waals surface area contributed by atoms with Crippen molar-refractivity contribution in [1.29, 1.82) is 0 Å². The van der Waals surface area contributed by atoms with Gasteiger partial charge in [0.05, 0.1) is 11.0 Å². The molecule has 3 heteroatoms. The third-order valence-electron chi connectivity index (χ3n) is 7.49. The van der Waals surface area contributed by atoms with E-state index < -0.39 is 0 Å². The quantitative estimate of drug-likeness (QED) is 0.249. The fourth-order valence-corrected chi connectivity index (χ4v) is 5.78. The highest BCUT2D eigenvalue weighted by molar-refractivity contribution is 6.10. The summed E-state index contributed by atoms with van der Waals surface area (Å²) in [5, 5.41) is 3.58. The fourth-order valence-electron chi connectivity index (χ4n) is 5.78. The Bertz CT molecular complexity index is 2080. The molecule has 8 aromatic rings. The first-order valence-electron chi connectivity index (χ1n) is 12.8. The minimum Gasteiger partial charge on any atom is -0.454 e. The summed E-state index contributed by atoms with van der Waals surface area (Å²) in [6.07, 6.45) is 1.88. The van der Waals surface area contributed by atoms with Crippen molar-refractivity contribution in [3.05, 3.63) is 134 Å². The number of benzene rings is 5. The minimum atomic E-state index is 0.822. The Balaban J connectivity index is 1.29. The van der Waals surface area contributed by atoms with E-state index in [9.17, 15) is 0 Å². The lowest BCUT2D eigenvalue weighted by Gasteiger charge is -2.12. The Morgan fingerprint density at radius 3 is 1.84 bits per heavy atom. The summed E-state index contributed by atoms with van der Waals surface area (Å²) in [6, 6.07) is 44.8. The SMILES string of the molecule is c1ccc(-c2ccnc3c2oc2ccccc23)c(-c2ccc(-n3c4ccccc4c4ccccc43)cc2)c1. The van der Waals surface area contributed by atoms with E-state index >= 15 is 0 Å². The molecule has 0 N–H and O–H groups in total. The van der Waals surface area contributed by atoms with Crippen LogP contribution in [0.4, 0.5) is 0 Å². The highest BCUT2D eigenvalue weighted by Crippen LogP contribution is 2.39. The third-order valence-corrected chi connectivity index (χ3v) is 7.49. The number of aromatic nitrogens is 2. The van der Waals surface area contributed by atoms with Crippen LogP contribution in [0.25, 0.3) is 71.8 Å². The number of furan rings is 1. The highest BCUT2D eigenvalue weighted by Gasteiger charge is 2.16. The Morgan fingerprint density at radius 2 is 1.11 bits per heavy atom. The molecule has 0 atom stereocenters. The average molecular weight is 487 g/mol. The van der Waals surface area contributed by atoms with Crippen molar-refractivity contribution in [1.82, 2.24) is 9.55 Å². The standard InChI is InChI=1S/C35H22N2O/c1-2-10-26(29-21-22-36-34-30-13-5-8-16-33(30)38-35(29)34)25(9-1)23-17-19-24(20-18-23)37-31-14-6-3-11-27(31)28-12-4-7-15-32(28)37/h1-22H. The molecule has 8 rings (SSSR count). The number of hydrogen-bond acceptors (Lipinski definition) is 2. The zero-order valence-corrected chi connectivity index (χ0v) is 20.5. The van der Waals surface area contributed by atoms with Gasteiger partial charge in [0.25, 0.3) is 0 Å². The van der Waals surface area contributed by atoms with Crippen molar-refractivity contribution in [2.45, 2.75) is 0 Å². The van der Waals surface area contributed by atoms with Crippen molar-refractivity contribution in [3.8, 4) is 27.9 Å². The lowest BCUT2D eigenvalue weighted by Crippen LogP contribution is -1.94. The predicted molar refractivity (Wildman–Crippen MR) is 157 cm³/mol. The van der Waals surface area contributed by atoms with Gasteiger partial charge in [-0.2, -0.15) is 0 Å². The number of pyridine rings is 1. The first-order chi connectivity index (χ1) is 18.9. The van der Waals surface area contributed by atoms with Crippen molar-refractivity contribution in [2.24, 2.45) is 0 Å². The minimum absolute atomic E-state index is 0.822. The van der Waals surface area contributed by atoms with Gasteiger partial charge in [-0.15, -0.1) is 0 Å². The van der Waals surface area contributed by atoms with Crippen LogP contribution in [0, 0.1) is 0 Å². The van der Waals surface area contributed by atoms with Gasteiger partial charge in [-0.05, 0) is 59.2 Å². The van der Waals surface area contributed by atoms with Gasteiger partial charge in [0.2, 0.25) is 0 Å². The van der Waals surface area contributed by atoms with Crippen molar-refractivity contribution < 1.29 is 4.42 Å². The molecule has 0 saturated carbocycles. The van der Waals surface area contributed by atoms with Crippen molar-refractivity contribution >= 4 is 43.9 Å². The van der Waals surface area contributed by atoms with Gasteiger partial charge >= 0.3 is 0 Å². The average Bonchev–Trinajstić information content (AvgIpc) is 3.53. The molecule has 0 spiro atoms. The normalized spacial score (nSPS) is 11.7. The Labute approximate surface area is 219 Å². The lowest BCUT2D eigenvalue weighted by molar-refractivity contribution is 0.669. The van der Waals surface area contributed by atoms with Gasteiger partial charge in [-0.1, -0.05) is 84.9 Å². The smallest absolute Gasteiger partial charge is 0.161 e. The molecule has 0 bridgehead atoms. The summed E-state index contributed by atoms with van der Waals surface area (Å²) >= 11 is 0. The van der Waals surface area contributed by atoms with Crippen LogP contribution in [-0.2, 0) is 0 Å². The topological polar surface area (TPSA) is 31.0 Å².